The zero-order valence-corrected chi connectivity index (χ0v) is 18.0. The Labute approximate surface area is 181 Å². The predicted octanol–water partition coefficient (Wildman–Crippen LogP) is 3.69. The normalized spacial score (nSPS) is 18.8. The van der Waals surface area contributed by atoms with Gasteiger partial charge in [0.1, 0.15) is 5.82 Å². The Kier molecular flexibility index (Phi) is 4.93. The SMILES string of the molecule is CC1(C)CC(=O)Nc2c(CCN3CCN(c4n[nH]c5ccccc45)CC3)cc(F)cc21. The van der Waals surface area contributed by atoms with Crippen molar-refractivity contribution in [2.75, 3.05) is 42.9 Å². The first kappa shape index (κ1) is 20.0. The zero-order chi connectivity index (χ0) is 21.6. The van der Waals surface area contributed by atoms with Gasteiger partial charge < -0.3 is 10.2 Å². The molecule has 1 amide bonds. The summed E-state index contributed by atoms with van der Waals surface area (Å²) < 4.78 is 14.4. The highest BCUT2D eigenvalue weighted by molar-refractivity contribution is 5.96. The molecule has 0 unspecified atom stereocenters. The lowest BCUT2D eigenvalue weighted by atomic mass is 9.77. The van der Waals surface area contributed by atoms with Crippen molar-refractivity contribution in [3.63, 3.8) is 0 Å². The van der Waals surface area contributed by atoms with Gasteiger partial charge >= 0.3 is 0 Å². The maximum Gasteiger partial charge on any atom is 0.225 e. The van der Waals surface area contributed by atoms with Gasteiger partial charge in [-0.25, -0.2) is 4.39 Å². The van der Waals surface area contributed by atoms with Crippen molar-refractivity contribution in [1.82, 2.24) is 15.1 Å². The van der Waals surface area contributed by atoms with E-state index >= 15 is 0 Å². The molecular weight excluding hydrogens is 393 g/mol. The van der Waals surface area contributed by atoms with Crippen LogP contribution in [0, 0.1) is 5.82 Å². The van der Waals surface area contributed by atoms with Crippen molar-refractivity contribution < 1.29 is 9.18 Å². The molecule has 2 N–H and O–H groups in total. The van der Waals surface area contributed by atoms with E-state index in [2.05, 4.69) is 31.4 Å². The molecule has 7 heteroatoms. The Balaban J connectivity index is 1.26. The number of rotatable bonds is 4. The van der Waals surface area contributed by atoms with Gasteiger partial charge in [-0.2, -0.15) is 5.10 Å². The van der Waals surface area contributed by atoms with E-state index in [9.17, 15) is 9.18 Å². The van der Waals surface area contributed by atoms with E-state index in [4.69, 9.17) is 0 Å². The number of H-pyrrole nitrogens is 1. The highest BCUT2D eigenvalue weighted by Gasteiger charge is 2.34. The number of aromatic nitrogens is 2. The summed E-state index contributed by atoms with van der Waals surface area (Å²) in [5.41, 5.74) is 3.30. The number of nitrogens with zero attached hydrogens (tertiary/aromatic N) is 3. The smallest absolute Gasteiger partial charge is 0.225 e. The molecule has 0 saturated carbocycles. The summed E-state index contributed by atoms with van der Waals surface area (Å²) in [6.45, 7) is 8.51. The predicted molar refractivity (Wildman–Crippen MR) is 121 cm³/mol. The van der Waals surface area contributed by atoms with E-state index in [0.717, 1.165) is 66.3 Å². The second-order valence-electron chi connectivity index (χ2n) is 9.27. The van der Waals surface area contributed by atoms with Gasteiger partial charge in [0.25, 0.3) is 0 Å². The molecule has 1 aromatic heterocycles. The number of piperazine rings is 1. The third-order valence-corrected chi connectivity index (χ3v) is 6.60. The van der Waals surface area contributed by atoms with Crippen molar-refractivity contribution in [2.45, 2.75) is 32.1 Å². The van der Waals surface area contributed by atoms with Crippen LogP contribution in [0.3, 0.4) is 0 Å². The van der Waals surface area contributed by atoms with E-state index in [0.29, 0.717) is 12.8 Å². The zero-order valence-electron chi connectivity index (χ0n) is 18.0. The molecule has 3 aromatic rings. The summed E-state index contributed by atoms with van der Waals surface area (Å²) in [5, 5.41) is 11.8. The van der Waals surface area contributed by atoms with Crippen LogP contribution in [0.1, 0.15) is 31.4 Å². The summed E-state index contributed by atoms with van der Waals surface area (Å²) >= 11 is 0. The quantitative estimate of drug-likeness (QED) is 0.675. The number of carbonyl (C=O) groups is 1. The number of hydrogen-bond donors (Lipinski definition) is 2. The van der Waals surface area contributed by atoms with Crippen LogP contribution < -0.4 is 10.2 Å². The van der Waals surface area contributed by atoms with E-state index in [1.807, 2.05) is 32.0 Å². The fourth-order valence-electron chi connectivity index (χ4n) is 4.87. The molecule has 0 spiro atoms. The number of aromatic amines is 1. The summed E-state index contributed by atoms with van der Waals surface area (Å²) in [5.74, 6) is 0.790. The number of amides is 1. The minimum atomic E-state index is -0.355. The van der Waals surface area contributed by atoms with E-state index in [-0.39, 0.29) is 17.1 Å². The Morgan fingerprint density at radius 1 is 1.13 bits per heavy atom. The molecule has 0 aliphatic carbocycles. The minimum Gasteiger partial charge on any atom is -0.352 e. The van der Waals surface area contributed by atoms with Crippen LogP contribution in [0.4, 0.5) is 15.9 Å². The van der Waals surface area contributed by atoms with Crippen LogP contribution in [-0.2, 0) is 16.6 Å². The number of para-hydroxylation sites is 1. The van der Waals surface area contributed by atoms with E-state index in [1.165, 1.54) is 0 Å². The second-order valence-corrected chi connectivity index (χ2v) is 9.27. The molecule has 1 fully saturated rings. The third-order valence-electron chi connectivity index (χ3n) is 6.60. The highest BCUT2D eigenvalue weighted by Crippen LogP contribution is 2.39. The fraction of sp³-hybridized carbons (Fsp3) is 0.417. The topological polar surface area (TPSA) is 64.3 Å². The summed E-state index contributed by atoms with van der Waals surface area (Å²) in [6, 6.07) is 11.3. The standard InChI is InChI=1S/C24H28FN5O/c1-24(2)15-21(31)26-22-16(13-17(25)14-19(22)24)7-8-29-9-11-30(12-10-29)23-18-5-3-4-6-20(18)27-28-23/h3-6,13-14H,7-12,15H2,1-2H3,(H,26,31)(H,27,28). The Morgan fingerprint density at radius 2 is 1.90 bits per heavy atom. The maximum absolute atomic E-state index is 14.4. The van der Waals surface area contributed by atoms with Crippen LogP contribution in [0.25, 0.3) is 10.9 Å². The number of halogens is 1. The first-order valence-corrected chi connectivity index (χ1v) is 10.9. The van der Waals surface area contributed by atoms with E-state index < -0.39 is 0 Å². The van der Waals surface area contributed by atoms with E-state index in [1.54, 1.807) is 12.1 Å². The lowest BCUT2D eigenvalue weighted by Gasteiger charge is -2.36. The average molecular weight is 422 g/mol. The third kappa shape index (κ3) is 3.78. The molecule has 31 heavy (non-hydrogen) atoms. The molecule has 2 aliphatic rings. The van der Waals surface area contributed by atoms with Gasteiger partial charge in [-0.1, -0.05) is 26.0 Å². The first-order chi connectivity index (χ1) is 14.9. The second kappa shape index (κ2) is 7.64. The van der Waals surface area contributed by atoms with Crippen LogP contribution in [-0.4, -0.2) is 53.7 Å². The Bertz CT molecular complexity index is 1130. The van der Waals surface area contributed by atoms with Crippen LogP contribution >= 0.6 is 0 Å². The first-order valence-electron chi connectivity index (χ1n) is 10.9. The number of nitrogens with one attached hydrogen (secondary N) is 2. The van der Waals surface area contributed by atoms with Gasteiger partial charge in [0.2, 0.25) is 5.91 Å². The number of anilines is 2. The van der Waals surface area contributed by atoms with Gasteiger partial charge in [0.05, 0.1) is 5.52 Å². The molecule has 1 saturated heterocycles. The van der Waals surface area contributed by atoms with Crippen LogP contribution in [0.5, 0.6) is 0 Å². The Morgan fingerprint density at radius 3 is 2.71 bits per heavy atom. The average Bonchev–Trinajstić information content (AvgIpc) is 3.17. The molecule has 0 atom stereocenters. The Hall–Kier alpha value is -2.93. The van der Waals surface area contributed by atoms with Gasteiger partial charge in [-0.05, 0) is 41.8 Å². The van der Waals surface area contributed by atoms with Gasteiger partial charge in [0, 0.05) is 55.6 Å². The highest BCUT2D eigenvalue weighted by atomic mass is 19.1. The monoisotopic (exact) mass is 421 g/mol. The van der Waals surface area contributed by atoms with Crippen molar-refractivity contribution in [1.29, 1.82) is 0 Å². The molecule has 2 aliphatic heterocycles. The maximum atomic E-state index is 14.4. The lowest BCUT2D eigenvalue weighted by Crippen LogP contribution is -2.47. The number of carbonyl (C=O) groups excluding carboxylic acids is 1. The molecule has 3 heterocycles. The summed E-state index contributed by atoms with van der Waals surface area (Å²) in [4.78, 5) is 16.9. The minimum absolute atomic E-state index is 0.00482. The number of benzene rings is 2. The van der Waals surface area contributed by atoms with Crippen molar-refractivity contribution in [2.24, 2.45) is 0 Å². The largest absolute Gasteiger partial charge is 0.352 e. The van der Waals surface area contributed by atoms with Crippen molar-refractivity contribution in [3.05, 3.63) is 53.3 Å². The van der Waals surface area contributed by atoms with Crippen molar-refractivity contribution >= 4 is 28.3 Å². The molecule has 0 radical (unpaired) electrons. The molecule has 6 nitrogen and oxygen atoms in total. The molecule has 2 aromatic carbocycles. The molecule has 162 valence electrons. The number of hydrogen-bond acceptors (Lipinski definition) is 4. The van der Waals surface area contributed by atoms with Gasteiger partial charge in [0.15, 0.2) is 5.82 Å². The summed E-state index contributed by atoms with van der Waals surface area (Å²) in [7, 11) is 0. The van der Waals surface area contributed by atoms with Crippen LogP contribution in [0.15, 0.2) is 36.4 Å². The fourth-order valence-corrected chi connectivity index (χ4v) is 4.87. The van der Waals surface area contributed by atoms with Gasteiger partial charge in [-0.15, -0.1) is 0 Å². The lowest BCUT2D eigenvalue weighted by molar-refractivity contribution is -0.117. The molecule has 0 bridgehead atoms. The molecular formula is C24H28FN5O. The van der Waals surface area contributed by atoms with Crippen molar-refractivity contribution in [3.8, 4) is 0 Å². The summed E-state index contributed by atoms with van der Waals surface area (Å²) in [6.07, 6.45) is 1.09. The van der Waals surface area contributed by atoms with Crippen LogP contribution in [0.2, 0.25) is 0 Å². The molecule has 5 rings (SSSR count). The number of fused-ring (bicyclic) bond motifs is 2. The van der Waals surface area contributed by atoms with Gasteiger partial charge in [-0.3, -0.25) is 14.8 Å².